The van der Waals surface area contributed by atoms with Crippen LogP contribution in [0.25, 0.3) is 22.3 Å². The fourth-order valence-corrected chi connectivity index (χ4v) is 3.25. The van der Waals surface area contributed by atoms with Crippen molar-refractivity contribution in [1.29, 1.82) is 0 Å². The van der Waals surface area contributed by atoms with Crippen molar-refractivity contribution in [2.75, 3.05) is 32.9 Å². The molecule has 0 N–H and O–H groups in total. The fraction of sp³-hybridized carbons (Fsp3) is 0.273. The summed E-state index contributed by atoms with van der Waals surface area (Å²) in [5.41, 5.74) is 1.59. The third kappa shape index (κ3) is 3.95. The van der Waals surface area contributed by atoms with Crippen LogP contribution in [0.2, 0.25) is 0 Å². The summed E-state index contributed by atoms with van der Waals surface area (Å²) in [6, 6.07) is 14.3. The predicted octanol–water partition coefficient (Wildman–Crippen LogP) is 4.11. The van der Waals surface area contributed by atoms with Crippen LogP contribution in [0.1, 0.15) is 17.3 Å². The zero-order chi connectivity index (χ0) is 20.2. The molecule has 1 aliphatic rings. The molecule has 4 rings (SSSR count). The number of hydrogen-bond acceptors (Lipinski definition) is 6. The Balaban J connectivity index is 1.72. The van der Waals surface area contributed by atoms with Gasteiger partial charge in [-0.3, -0.25) is 0 Å². The van der Waals surface area contributed by atoms with Gasteiger partial charge in [-0.05, 0) is 25.1 Å². The molecular formula is C22H21NO6. The smallest absolute Gasteiger partial charge is 0.415 e. The Morgan fingerprint density at radius 1 is 1.07 bits per heavy atom. The number of ether oxygens (including phenoxy) is 3. The van der Waals surface area contributed by atoms with Gasteiger partial charge in [0.05, 0.1) is 19.8 Å². The van der Waals surface area contributed by atoms with Crippen LogP contribution in [-0.2, 0) is 9.47 Å². The second kappa shape index (κ2) is 8.36. The van der Waals surface area contributed by atoms with Gasteiger partial charge in [-0.25, -0.2) is 9.59 Å². The monoisotopic (exact) mass is 395 g/mol. The number of amides is 1. The SMILES string of the molecule is CCOC(=O)c1c(-c2ccccc2)oc2ccc(OC(=O)N3CCOCC3)cc12. The molecule has 7 nitrogen and oxygen atoms in total. The van der Waals surface area contributed by atoms with E-state index in [0.717, 1.165) is 5.56 Å². The molecule has 0 unspecified atom stereocenters. The van der Waals surface area contributed by atoms with Crippen LogP contribution >= 0.6 is 0 Å². The van der Waals surface area contributed by atoms with Crippen LogP contribution < -0.4 is 4.74 Å². The van der Waals surface area contributed by atoms with Gasteiger partial charge in [0.2, 0.25) is 0 Å². The number of nitrogens with zero attached hydrogens (tertiary/aromatic N) is 1. The number of rotatable bonds is 4. The maximum Gasteiger partial charge on any atom is 0.415 e. The van der Waals surface area contributed by atoms with E-state index in [1.807, 2.05) is 30.3 Å². The Kier molecular flexibility index (Phi) is 5.48. The van der Waals surface area contributed by atoms with E-state index in [2.05, 4.69) is 0 Å². The maximum atomic E-state index is 12.7. The first kappa shape index (κ1) is 19.0. The average Bonchev–Trinajstić information content (AvgIpc) is 3.14. The predicted molar refractivity (Wildman–Crippen MR) is 106 cm³/mol. The quantitative estimate of drug-likeness (QED) is 0.619. The molecule has 1 aromatic heterocycles. The molecule has 1 aliphatic heterocycles. The van der Waals surface area contributed by atoms with E-state index >= 15 is 0 Å². The normalized spacial score (nSPS) is 14.0. The summed E-state index contributed by atoms with van der Waals surface area (Å²) < 4.78 is 22.0. The van der Waals surface area contributed by atoms with Crippen LogP contribution in [0.3, 0.4) is 0 Å². The fourth-order valence-electron chi connectivity index (χ4n) is 3.25. The molecule has 29 heavy (non-hydrogen) atoms. The molecule has 0 spiro atoms. The van der Waals surface area contributed by atoms with E-state index in [-0.39, 0.29) is 6.61 Å². The summed E-state index contributed by atoms with van der Waals surface area (Å²) in [5.74, 6) is 0.275. The molecule has 0 bridgehead atoms. The van der Waals surface area contributed by atoms with Gasteiger partial charge in [0.15, 0.2) is 0 Å². The summed E-state index contributed by atoms with van der Waals surface area (Å²) in [6.45, 7) is 3.94. The van der Waals surface area contributed by atoms with Crippen molar-refractivity contribution in [3.8, 4) is 17.1 Å². The number of fused-ring (bicyclic) bond motifs is 1. The molecule has 0 atom stereocenters. The Hall–Kier alpha value is -3.32. The average molecular weight is 395 g/mol. The van der Waals surface area contributed by atoms with Crippen LogP contribution in [0.15, 0.2) is 52.9 Å². The van der Waals surface area contributed by atoms with E-state index in [0.29, 0.717) is 54.3 Å². The van der Waals surface area contributed by atoms with Crippen molar-refractivity contribution in [2.24, 2.45) is 0 Å². The lowest BCUT2D eigenvalue weighted by Gasteiger charge is -2.25. The minimum Gasteiger partial charge on any atom is -0.462 e. The Morgan fingerprint density at radius 3 is 2.55 bits per heavy atom. The number of carbonyl (C=O) groups excluding carboxylic acids is 2. The zero-order valence-electron chi connectivity index (χ0n) is 16.1. The molecule has 0 aliphatic carbocycles. The Morgan fingerprint density at radius 2 is 1.83 bits per heavy atom. The van der Waals surface area contributed by atoms with Gasteiger partial charge in [0.25, 0.3) is 0 Å². The van der Waals surface area contributed by atoms with Crippen molar-refractivity contribution in [3.05, 3.63) is 54.1 Å². The topological polar surface area (TPSA) is 78.2 Å². The molecule has 7 heteroatoms. The third-order valence-electron chi connectivity index (χ3n) is 4.65. The molecule has 2 heterocycles. The second-order valence-electron chi connectivity index (χ2n) is 6.52. The van der Waals surface area contributed by atoms with E-state index in [1.54, 1.807) is 30.0 Å². The van der Waals surface area contributed by atoms with Gasteiger partial charge in [-0.1, -0.05) is 30.3 Å². The molecule has 1 saturated heterocycles. The van der Waals surface area contributed by atoms with Gasteiger partial charge >= 0.3 is 12.1 Å². The lowest BCUT2D eigenvalue weighted by Crippen LogP contribution is -2.42. The summed E-state index contributed by atoms with van der Waals surface area (Å²) >= 11 is 0. The summed E-state index contributed by atoms with van der Waals surface area (Å²) in [4.78, 5) is 26.7. The third-order valence-corrected chi connectivity index (χ3v) is 4.65. The molecule has 1 fully saturated rings. The largest absolute Gasteiger partial charge is 0.462 e. The molecule has 0 radical (unpaired) electrons. The van der Waals surface area contributed by atoms with E-state index in [9.17, 15) is 9.59 Å². The summed E-state index contributed by atoms with van der Waals surface area (Å²) in [7, 11) is 0. The molecule has 3 aromatic rings. The molecule has 2 aromatic carbocycles. The highest BCUT2D eigenvalue weighted by molar-refractivity contribution is 6.09. The van der Waals surface area contributed by atoms with Crippen molar-refractivity contribution in [2.45, 2.75) is 6.92 Å². The number of carbonyl (C=O) groups is 2. The van der Waals surface area contributed by atoms with Gasteiger partial charge < -0.3 is 23.5 Å². The standard InChI is InChI=1S/C22H21NO6/c1-2-27-21(24)19-17-14-16(28-22(25)23-10-12-26-13-11-23)8-9-18(17)29-20(19)15-6-4-3-5-7-15/h3-9,14H,2,10-13H2,1H3. The van der Waals surface area contributed by atoms with Crippen LogP contribution in [0.4, 0.5) is 4.79 Å². The first-order valence-corrected chi connectivity index (χ1v) is 9.51. The van der Waals surface area contributed by atoms with Crippen molar-refractivity contribution in [1.82, 2.24) is 4.90 Å². The van der Waals surface area contributed by atoms with E-state index in [1.165, 1.54) is 0 Å². The number of hydrogen-bond donors (Lipinski definition) is 0. The number of esters is 1. The van der Waals surface area contributed by atoms with Crippen molar-refractivity contribution in [3.63, 3.8) is 0 Å². The van der Waals surface area contributed by atoms with Gasteiger partial charge in [-0.15, -0.1) is 0 Å². The first-order valence-electron chi connectivity index (χ1n) is 9.51. The zero-order valence-corrected chi connectivity index (χ0v) is 16.1. The van der Waals surface area contributed by atoms with Crippen molar-refractivity contribution >= 4 is 23.0 Å². The van der Waals surface area contributed by atoms with Gasteiger partial charge in [0, 0.05) is 24.0 Å². The Bertz CT molecular complexity index is 1020. The number of morpholine rings is 1. The minimum absolute atomic E-state index is 0.242. The van der Waals surface area contributed by atoms with E-state index < -0.39 is 12.1 Å². The summed E-state index contributed by atoms with van der Waals surface area (Å²) in [5, 5.41) is 0.537. The van der Waals surface area contributed by atoms with Gasteiger partial charge in [-0.2, -0.15) is 0 Å². The minimum atomic E-state index is -0.484. The van der Waals surface area contributed by atoms with Crippen LogP contribution in [-0.4, -0.2) is 49.9 Å². The molecule has 0 saturated carbocycles. The molecule has 150 valence electrons. The van der Waals surface area contributed by atoms with Crippen LogP contribution in [0.5, 0.6) is 5.75 Å². The molecular weight excluding hydrogens is 374 g/mol. The van der Waals surface area contributed by atoms with Crippen LogP contribution in [0, 0.1) is 0 Å². The lowest BCUT2D eigenvalue weighted by atomic mass is 10.1. The highest BCUT2D eigenvalue weighted by atomic mass is 16.6. The van der Waals surface area contributed by atoms with Gasteiger partial charge in [0.1, 0.15) is 22.7 Å². The van der Waals surface area contributed by atoms with E-state index in [4.69, 9.17) is 18.6 Å². The number of benzene rings is 2. The second-order valence-corrected chi connectivity index (χ2v) is 6.52. The Labute approximate surface area is 167 Å². The number of furan rings is 1. The van der Waals surface area contributed by atoms with Crippen molar-refractivity contribution < 1.29 is 28.2 Å². The highest BCUT2D eigenvalue weighted by Crippen LogP contribution is 2.36. The highest BCUT2D eigenvalue weighted by Gasteiger charge is 2.25. The maximum absolute atomic E-state index is 12.7. The lowest BCUT2D eigenvalue weighted by molar-refractivity contribution is 0.0416. The first-order chi connectivity index (χ1) is 14.2. The summed E-state index contributed by atoms with van der Waals surface area (Å²) in [6.07, 6.45) is -0.447. The molecule has 1 amide bonds.